The molecular weight excluding hydrogens is 168 g/mol. The van der Waals surface area contributed by atoms with Gasteiger partial charge in [0.25, 0.3) is 0 Å². The first-order valence-electron chi connectivity index (χ1n) is 5.65. The molecule has 0 fully saturated rings. The molecule has 74 valence electrons. The zero-order valence-corrected chi connectivity index (χ0v) is 8.60. The van der Waals surface area contributed by atoms with Crippen LogP contribution < -0.4 is 0 Å². The van der Waals surface area contributed by atoms with Gasteiger partial charge < -0.3 is 0 Å². The predicted molar refractivity (Wildman–Crippen MR) is 62.0 cm³/mol. The Morgan fingerprint density at radius 1 is 0.571 bits per heavy atom. The summed E-state index contributed by atoms with van der Waals surface area (Å²) in [7, 11) is 0. The fraction of sp³-hybridized carbons (Fsp3) is 0.429. The largest absolute Gasteiger partial charge is 0.0776 e. The second kappa shape index (κ2) is 4.99. The quantitative estimate of drug-likeness (QED) is 0.569. The number of hydrogen-bond acceptors (Lipinski definition) is 0. The number of unbranched alkanes of at least 4 members (excludes halogenated alkanes) is 1. The van der Waals surface area contributed by atoms with E-state index in [9.17, 15) is 0 Å². The van der Waals surface area contributed by atoms with Crippen molar-refractivity contribution >= 4 is 0 Å². The highest BCUT2D eigenvalue weighted by Gasteiger charge is 2.05. The van der Waals surface area contributed by atoms with Crippen LogP contribution in [-0.2, 0) is 0 Å². The van der Waals surface area contributed by atoms with Gasteiger partial charge in [0.2, 0.25) is 0 Å². The summed E-state index contributed by atoms with van der Waals surface area (Å²) in [4.78, 5) is 0. The summed E-state index contributed by atoms with van der Waals surface area (Å²) in [6.07, 6.45) is 23.2. The topological polar surface area (TPSA) is 0 Å². The zero-order chi connectivity index (χ0) is 9.64. The van der Waals surface area contributed by atoms with Crippen molar-refractivity contribution < 1.29 is 0 Å². The third kappa shape index (κ3) is 2.73. The summed E-state index contributed by atoms with van der Waals surface area (Å²) in [5.41, 5.74) is 0. The van der Waals surface area contributed by atoms with Gasteiger partial charge in [0.05, 0.1) is 0 Å². The summed E-state index contributed by atoms with van der Waals surface area (Å²) >= 11 is 0. The van der Waals surface area contributed by atoms with Crippen molar-refractivity contribution in [2.45, 2.75) is 25.7 Å². The third-order valence-electron chi connectivity index (χ3n) is 2.98. The summed E-state index contributed by atoms with van der Waals surface area (Å²) in [6, 6.07) is 0. The minimum Gasteiger partial charge on any atom is -0.0776 e. The fourth-order valence-corrected chi connectivity index (χ4v) is 2.10. The van der Waals surface area contributed by atoms with Gasteiger partial charge in [-0.2, -0.15) is 0 Å². The molecule has 0 radical (unpaired) electrons. The molecular formula is C14H18. The van der Waals surface area contributed by atoms with Crippen LogP contribution in [0.15, 0.2) is 48.6 Å². The van der Waals surface area contributed by atoms with E-state index in [-0.39, 0.29) is 0 Å². The summed E-state index contributed by atoms with van der Waals surface area (Å²) in [5, 5.41) is 0. The van der Waals surface area contributed by atoms with E-state index < -0.39 is 0 Å². The standard InChI is InChI=1S/C14H18/c1-2-8-13(7-1)11-5-6-12-14-9-3-4-10-14/h1-4,7-10,13-14H,5-6,11-12H2. The maximum absolute atomic E-state index is 2.30. The third-order valence-corrected chi connectivity index (χ3v) is 2.98. The van der Waals surface area contributed by atoms with Crippen LogP contribution in [0.2, 0.25) is 0 Å². The highest BCUT2D eigenvalue weighted by atomic mass is 14.1. The number of allylic oxidation sites excluding steroid dienone is 8. The lowest BCUT2D eigenvalue weighted by Crippen LogP contribution is -1.92. The molecule has 0 N–H and O–H groups in total. The Morgan fingerprint density at radius 3 is 1.29 bits per heavy atom. The van der Waals surface area contributed by atoms with Gasteiger partial charge in [-0.25, -0.2) is 0 Å². The Morgan fingerprint density at radius 2 is 0.929 bits per heavy atom. The van der Waals surface area contributed by atoms with Crippen molar-refractivity contribution in [1.82, 2.24) is 0 Å². The molecule has 14 heavy (non-hydrogen) atoms. The van der Waals surface area contributed by atoms with Crippen molar-refractivity contribution in [1.29, 1.82) is 0 Å². The Kier molecular flexibility index (Phi) is 3.39. The Hall–Kier alpha value is -1.04. The van der Waals surface area contributed by atoms with E-state index in [2.05, 4.69) is 48.6 Å². The van der Waals surface area contributed by atoms with Crippen LogP contribution in [0.3, 0.4) is 0 Å². The number of rotatable bonds is 5. The molecule has 0 aliphatic heterocycles. The van der Waals surface area contributed by atoms with Gasteiger partial charge in [-0.05, 0) is 24.7 Å². The molecule has 0 unspecified atom stereocenters. The average molecular weight is 186 g/mol. The molecule has 0 saturated carbocycles. The first kappa shape index (κ1) is 9.51. The predicted octanol–water partition coefficient (Wildman–Crippen LogP) is 4.03. The lowest BCUT2D eigenvalue weighted by atomic mass is 9.99. The van der Waals surface area contributed by atoms with Crippen LogP contribution in [-0.4, -0.2) is 0 Å². The molecule has 0 heterocycles. The Labute approximate surface area is 86.7 Å². The molecule has 0 bridgehead atoms. The molecule has 2 aliphatic rings. The monoisotopic (exact) mass is 186 g/mol. The molecule has 0 aromatic carbocycles. The summed E-state index contributed by atoms with van der Waals surface area (Å²) in [5.74, 6) is 1.45. The van der Waals surface area contributed by atoms with Crippen LogP contribution in [0.4, 0.5) is 0 Å². The van der Waals surface area contributed by atoms with E-state index >= 15 is 0 Å². The van der Waals surface area contributed by atoms with Gasteiger partial charge in [0, 0.05) is 0 Å². The maximum atomic E-state index is 2.30. The smallest absolute Gasteiger partial charge is 0.00473 e. The van der Waals surface area contributed by atoms with Gasteiger partial charge in [-0.15, -0.1) is 0 Å². The highest BCUT2D eigenvalue weighted by molar-refractivity contribution is 5.18. The second-order valence-corrected chi connectivity index (χ2v) is 4.15. The van der Waals surface area contributed by atoms with Gasteiger partial charge in [0.15, 0.2) is 0 Å². The highest BCUT2D eigenvalue weighted by Crippen LogP contribution is 2.20. The van der Waals surface area contributed by atoms with Crippen molar-refractivity contribution in [3.8, 4) is 0 Å². The van der Waals surface area contributed by atoms with E-state index in [1.165, 1.54) is 25.7 Å². The molecule has 0 saturated heterocycles. The molecule has 0 aromatic rings. The first-order chi connectivity index (χ1) is 6.95. The van der Waals surface area contributed by atoms with E-state index in [1.54, 1.807) is 0 Å². The molecule has 0 nitrogen and oxygen atoms in total. The molecule has 0 aromatic heterocycles. The van der Waals surface area contributed by atoms with Gasteiger partial charge in [0.1, 0.15) is 0 Å². The van der Waals surface area contributed by atoms with Crippen molar-refractivity contribution in [3.63, 3.8) is 0 Å². The summed E-state index contributed by atoms with van der Waals surface area (Å²) < 4.78 is 0. The van der Waals surface area contributed by atoms with Crippen LogP contribution >= 0.6 is 0 Å². The van der Waals surface area contributed by atoms with E-state index in [0.717, 1.165) is 11.8 Å². The van der Waals surface area contributed by atoms with Gasteiger partial charge >= 0.3 is 0 Å². The van der Waals surface area contributed by atoms with Crippen molar-refractivity contribution in [3.05, 3.63) is 48.6 Å². The van der Waals surface area contributed by atoms with Gasteiger partial charge in [-0.1, -0.05) is 61.4 Å². The van der Waals surface area contributed by atoms with Crippen molar-refractivity contribution in [2.75, 3.05) is 0 Å². The molecule has 0 heteroatoms. The fourth-order valence-electron chi connectivity index (χ4n) is 2.10. The molecule has 2 aliphatic carbocycles. The lowest BCUT2D eigenvalue weighted by Gasteiger charge is -2.07. The van der Waals surface area contributed by atoms with E-state index in [4.69, 9.17) is 0 Å². The molecule has 0 amide bonds. The van der Waals surface area contributed by atoms with E-state index in [1.807, 2.05) is 0 Å². The van der Waals surface area contributed by atoms with E-state index in [0.29, 0.717) is 0 Å². The Bertz CT molecular complexity index is 224. The lowest BCUT2D eigenvalue weighted by molar-refractivity contribution is 0.569. The summed E-state index contributed by atoms with van der Waals surface area (Å²) in [6.45, 7) is 0. The van der Waals surface area contributed by atoms with Gasteiger partial charge in [-0.3, -0.25) is 0 Å². The number of hydrogen-bond donors (Lipinski definition) is 0. The van der Waals surface area contributed by atoms with Crippen LogP contribution in [0, 0.1) is 11.8 Å². The first-order valence-corrected chi connectivity index (χ1v) is 5.65. The average Bonchev–Trinajstić information content (AvgIpc) is 2.86. The van der Waals surface area contributed by atoms with Crippen molar-refractivity contribution in [2.24, 2.45) is 11.8 Å². The van der Waals surface area contributed by atoms with Crippen LogP contribution in [0.1, 0.15) is 25.7 Å². The van der Waals surface area contributed by atoms with Crippen LogP contribution in [0.25, 0.3) is 0 Å². The Balaban J connectivity index is 1.55. The molecule has 0 spiro atoms. The second-order valence-electron chi connectivity index (χ2n) is 4.15. The normalized spacial score (nSPS) is 20.3. The molecule has 2 rings (SSSR count). The SMILES string of the molecule is C1=CC(CCCCC2C=CC=C2)C=C1. The van der Waals surface area contributed by atoms with Crippen LogP contribution in [0.5, 0.6) is 0 Å². The molecule has 0 atom stereocenters. The maximum Gasteiger partial charge on any atom is -0.00473 e. The minimum absolute atomic E-state index is 0.727. The zero-order valence-electron chi connectivity index (χ0n) is 8.60. The minimum atomic E-state index is 0.727.